The van der Waals surface area contributed by atoms with E-state index in [4.69, 9.17) is 9.84 Å². The van der Waals surface area contributed by atoms with Crippen molar-refractivity contribution < 1.29 is 14.6 Å². The SMILES string of the molecule is CCC1COC(C)CN1c1ccc(C(=O)O)cc1C#N. The third-order valence-electron chi connectivity index (χ3n) is 3.61. The van der Waals surface area contributed by atoms with Crippen LogP contribution in [0.5, 0.6) is 0 Å². The van der Waals surface area contributed by atoms with Gasteiger partial charge in [0.05, 0.1) is 35.6 Å². The van der Waals surface area contributed by atoms with E-state index in [1.807, 2.05) is 6.92 Å². The lowest BCUT2D eigenvalue weighted by Crippen LogP contribution is -2.49. The summed E-state index contributed by atoms with van der Waals surface area (Å²) >= 11 is 0. The number of carbonyl (C=O) groups is 1. The van der Waals surface area contributed by atoms with E-state index in [0.717, 1.165) is 12.1 Å². The van der Waals surface area contributed by atoms with E-state index in [1.165, 1.54) is 6.07 Å². The van der Waals surface area contributed by atoms with E-state index in [1.54, 1.807) is 12.1 Å². The lowest BCUT2D eigenvalue weighted by molar-refractivity contribution is 0.0299. The summed E-state index contributed by atoms with van der Waals surface area (Å²) in [6.07, 6.45) is 1.02. The molecular formula is C15H18N2O3. The fourth-order valence-electron chi connectivity index (χ4n) is 2.49. The van der Waals surface area contributed by atoms with Gasteiger partial charge >= 0.3 is 5.97 Å². The predicted molar refractivity (Wildman–Crippen MR) is 75.0 cm³/mol. The van der Waals surface area contributed by atoms with Crippen LogP contribution in [0.25, 0.3) is 0 Å². The molecule has 5 nitrogen and oxygen atoms in total. The summed E-state index contributed by atoms with van der Waals surface area (Å²) < 4.78 is 5.65. The largest absolute Gasteiger partial charge is 0.478 e. The van der Waals surface area contributed by atoms with Crippen molar-refractivity contribution in [1.29, 1.82) is 5.26 Å². The first kappa shape index (κ1) is 14.4. The molecule has 1 aromatic carbocycles. The molecule has 5 heteroatoms. The molecule has 0 spiro atoms. The second kappa shape index (κ2) is 5.93. The zero-order valence-electron chi connectivity index (χ0n) is 11.7. The predicted octanol–water partition coefficient (Wildman–Crippen LogP) is 2.26. The summed E-state index contributed by atoms with van der Waals surface area (Å²) in [4.78, 5) is 13.1. The Balaban J connectivity index is 2.40. The van der Waals surface area contributed by atoms with Crippen molar-refractivity contribution >= 4 is 11.7 Å². The van der Waals surface area contributed by atoms with Gasteiger partial charge in [0.2, 0.25) is 0 Å². The fraction of sp³-hybridized carbons (Fsp3) is 0.467. The van der Waals surface area contributed by atoms with Crippen LogP contribution < -0.4 is 4.90 Å². The highest BCUT2D eigenvalue weighted by molar-refractivity contribution is 5.89. The number of nitriles is 1. The molecular weight excluding hydrogens is 256 g/mol. The van der Waals surface area contributed by atoms with Gasteiger partial charge in [-0.2, -0.15) is 5.26 Å². The molecule has 0 bridgehead atoms. The highest BCUT2D eigenvalue weighted by atomic mass is 16.5. The van der Waals surface area contributed by atoms with Gasteiger partial charge in [-0.25, -0.2) is 4.79 Å². The third-order valence-corrected chi connectivity index (χ3v) is 3.61. The molecule has 106 valence electrons. The van der Waals surface area contributed by atoms with Crippen molar-refractivity contribution in [2.75, 3.05) is 18.1 Å². The van der Waals surface area contributed by atoms with Crippen LogP contribution in [0, 0.1) is 11.3 Å². The standard InChI is InChI=1S/C15H18N2O3/c1-3-13-9-20-10(2)8-17(13)14-5-4-11(15(18)19)6-12(14)7-16/h4-6,10,13H,3,8-9H2,1-2H3,(H,18,19). The zero-order chi connectivity index (χ0) is 14.7. The number of hydrogen-bond acceptors (Lipinski definition) is 4. The van der Waals surface area contributed by atoms with Gasteiger partial charge in [-0.1, -0.05) is 6.92 Å². The second-order valence-electron chi connectivity index (χ2n) is 5.01. The number of hydrogen-bond donors (Lipinski definition) is 1. The van der Waals surface area contributed by atoms with E-state index >= 15 is 0 Å². The molecule has 0 saturated carbocycles. The smallest absolute Gasteiger partial charge is 0.335 e. The lowest BCUT2D eigenvalue weighted by Gasteiger charge is -2.40. The maximum Gasteiger partial charge on any atom is 0.335 e. The van der Waals surface area contributed by atoms with Crippen molar-refractivity contribution in [3.05, 3.63) is 29.3 Å². The van der Waals surface area contributed by atoms with Crippen molar-refractivity contribution in [3.8, 4) is 6.07 Å². The average molecular weight is 274 g/mol. The molecule has 1 aliphatic rings. The molecule has 1 N–H and O–H groups in total. The Morgan fingerprint density at radius 1 is 1.60 bits per heavy atom. The van der Waals surface area contributed by atoms with Crippen LogP contribution in [0.4, 0.5) is 5.69 Å². The summed E-state index contributed by atoms with van der Waals surface area (Å²) in [6.45, 7) is 5.41. The van der Waals surface area contributed by atoms with Crippen LogP contribution in [-0.2, 0) is 4.74 Å². The highest BCUT2D eigenvalue weighted by Crippen LogP contribution is 2.27. The molecule has 0 radical (unpaired) electrons. The Morgan fingerprint density at radius 3 is 2.95 bits per heavy atom. The Bertz CT molecular complexity index is 551. The monoisotopic (exact) mass is 274 g/mol. The van der Waals surface area contributed by atoms with Gasteiger partial charge in [0, 0.05) is 6.54 Å². The topological polar surface area (TPSA) is 73.6 Å². The number of anilines is 1. The summed E-state index contributed by atoms with van der Waals surface area (Å²) in [5, 5.41) is 18.3. The Hall–Kier alpha value is -2.06. The minimum Gasteiger partial charge on any atom is -0.478 e. The van der Waals surface area contributed by atoms with Gasteiger partial charge < -0.3 is 14.7 Å². The maximum absolute atomic E-state index is 11.0. The molecule has 1 fully saturated rings. The van der Waals surface area contributed by atoms with Gasteiger partial charge in [0.1, 0.15) is 6.07 Å². The molecule has 1 saturated heterocycles. The quantitative estimate of drug-likeness (QED) is 0.915. The first-order valence-electron chi connectivity index (χ1n) is 6.72. The van der Waals surface area contributed by atoms with Gasteiger partial charge in [-0.3, -0.25) is 0 Å². The van der Waals surface area contributed by atoms with E-state index in [9.17, 15) is 10.1 Å². The third kappa shape index (κ3) is 2.75. The number of nitrogens with zero attached hydrogens (tertiary/aromatic N) is 2. The Kier molecular flexibility index (Phi) is 4.26. The van der Waals surface area contributed by atoms with Crippen molar-refractivity contribution in [1.82, 2.24) is 0 Å². The highest BCUT2D eigenvalue weighted by Gasteiger charge is 2.27. The van der Waals surface area contributed by atoms with Crippen LogP contribution in [0.1, 0.15) is 36.2 Å². The maximum atomic E-state index is 11.0. The van der Waals surface area contributed by atoms with Crippen molar-refractivity contribution in [2.45, 2.75) is 32.4 Å². The van der Waals surface area contributed by atoms with Gasteiger partial charge in [-0.05, 0) is 31.5 Å². The van der Waals surface area contributed by atoms with Gasteiger partial charge in [0.25, 0.3) is 0 Å². The number of aromatic carboxylic acids is 1. The minimum absolute atomic E-state index is 0.100. The van der Waals surface area contributed by atoms with Crippen LogP contribution in [0.3, 0.4) is 0 Å². The van der Waals surface area contributed by atoms with E-state index < -0.39 is 5.97 Å². The average Bonchev–Trinajstić information content (AvgIpc) is 2.46. The van der Waals surface area contributed by atoms with Gasteiger partial charge in [-0.15, -0.1) is 0 Å². The van der Waals surface area contributed by atoms with E-state index in [2.05, 4.69) is 17.9 Å². The summed E-state index contributed by atoms with van der Waals surface area (Å²) in [5.74, 6) is -1.02. The number of carboxylic acid groups (broad SMARTS) is 1. The first-order valence-corrected chi connectivity index (χ1v) is 6.72. The number of ether oxygens (including phenoxy) is 1. The van der Waals surface area contributed by atoms with Gasteiger partial charge in [0.15, 0.2) is 0 Å². The molecule has 0 aromatic heterocycles. The molecule has 2 unspecified atom stereocenters. The van der Waals surface area contributed by atoms with Crippen molar-refractivity contribution in [3.63, 3.8) is 0 Å². The Morgan fingerprint density at radius 2 is 2.35 bits per heavy atom. The second-order valence-corrected chi connectivity index (χ2v) is 5.01. The Labute approximate surface area is 118 Å². The molecule has 20 heavy (non-hydrogen) atoms. The molecule has 1 aromatic rings. The molecule has 2 rings (SSSR count). The van der Waals surface area contributed by atoms with Crippen molar-refractivity contribution in [2.24, 2.45) is 0 Å². The molecule has 0 aliphatic carbocycles. The fourth-order valence-corrected chi connectivity index (χ4v) is 2.49. The van der Waals surface area contributed by atoms with Crippen LogP contribution in [0.15, 0.2) is 18.2 Å². The molecule has 0 amide bonds. The van der Waals surface area contributed by atoms with Crippen LogP contribution in [-0.4, -0.2) is 36.4 Å². The number of morpholine rings is 1. The van der Waals surface area contributed by atoms with E-state index in [0.29, 0.717) is 18.7 Å². The van der Waals surface area contributed by atoms with E-state index in [-0.39, 0.29) is 17.7 Å². The molecule has 2 atom stereocenters. The number of rotatable bonds is 3. The summed E-state index contributed by atoms with van der Waals surface area (Å²) in [6, 6.07) is 7.03. The summed E-state index contributed by atoms with van der Waals surface area (Å²) in [5.41, 5.74) is 1.33. The van der Waals surface area contributed by atoms with Crippen LogP contribution >= 0.6 is 0 Å². The molecule has 1 aliphatic heterocycles. The van der Waals surface area contributed by atoms with Crippen LogP contribution in [0.2, 0.25) is 0 Å². The minimum atomic E-state index is -1.02. The number of carboxylic acids is 1. The summed E-state index contributed by atoms with van der Waals surface area (Å²) in [7, 11) is 0. The lowest BCUT2D eigenvalue weighted by atomic mass is 10.0. The number of benzene rings is 1. The molecule has 1 heterocycles. The first-order chi connectivity index (χ1) is 9.56. The zero-order valence-corrected chi connectivity index (χ0v) is 11.7. The normalized spacial score (nSPS) is 22.4.